The summed E-state index contributed by atoms with van der Waals surface area (Å²) in [7, 11) is 0. The van der Waals surface area contributed by atoms with E-state index in [1.54, 1.807) is 12.3 Å². The fraction of sp³-hybridized carbons (Fsp3) is 0.100. The van der Waals surface area contributed by atoms with Gasteiger partial charge in [-0.3, -0.25) is 0 Å². The average molecular weight is 174 g/mol. The van der Waals surface area contributed by atoms with Crippen LogP contribution in [0.1, 0.15) is 5.69 Å². The van der Waals surface area contributed by atoms with Crippen LogP contribution in [0.3, 0.4) is 0 Å². The van der Waals surface area contributed by atoms with Gasteiger partial charge in [0.25, 0.3) is 0 Å². The third kappa shape index (κ3) is 1.46. The lowest BCUT2D eigenvalue weighted by Gasteiger charge is -1.93. The second-order valence-electron chi connectivity index (χ2n) is 2.70. The van der Waals surface area contributed by atoms with Crippen LogP contribution in [0.2, 0.25) is 0 Å². The SMILES string of the molecule is OC/C=C/c1cnc2ccccn12. The number of aliphatic hydroxyl groups excluding tert-OH is 1. The zero-order valence-corrected chi connectivity index (χ0v) is 7.09. The van der Waals surface area contributed by atoms with Gasteiger partial charge in [-0.25, -0.2) is 4.98 Å². The Labute approximate surface area is 76.0 Å². The van der Waals surface area contributed by atoms with Crippen LogP contribution in [-0.2, 0) is 0 Å². The highest BCUT2D eigenvalue weighted by Gasteiger charge is 1.96. The number of hydrogen-bond donors (Lipinski definition) is 1. The molecule has 0 bridgehead atoms. The molecule has 0 aliphatic carbocycles. The van der Waals surface area contributed by atoms with Gasteiger partial charge in [0.2, 0.25) is 0 Å². The van der Waals surface area contributed by atoms with E-state index in [0.717, 1.165) is 11.3 Å². The second kappa shape index (κ2) is 3.41. The van der Waals surface area contributed by atoms with Crippen molar-refractivity contribution in [1.82, 2.24) is 9.38 Å². The van der Waals surface area contributed by atoms with Gasteiger partial charge in [0.05, 0.1) is 18.5 Å². The van der Waals surface area contributed by atoms with Crippen molar-refractivity contribution >= 4 is 11.7 Å². The first-order valence-electron chi connectivity index (χ1n) is 4.11. The number of aliphatic hydroxyl groups is 1. The lowest BCUT2D eigenvalue weighted by molar-refractivity contribution is 0.343. The summed E-state index contributed by atoms with van der Waals surface area (Å²) < 4.78 is 1.96. The van der Waals surface area contributed by atoms with E-state index in [-0.39, 0.29) is 6.61 Å². The molecule has 0 aromatic carbocycles. The highest BCUT2D eigenvalue weighted by atomic mass is 16.2. The third-order valence-electron chi connectivity index (χ3n) is 1.84. The third-order valence-corrected chi connectivity index (χ3v) is 1.84. The largest absolute Gasteiger partial charge is 0.392 e. The first-order valence-corrected chi connectivity index (χ1v) is 4.11. The smallest absolute Gasteiger partial charge is 0.137 e. The topological polar surface area (TPSA) is 37.5 Å². The molecule has 1 N–H and O–H groups in total. The van der Waals surface area contributed by atoms with Gasteiger partial charge in [-0.15, -0.1) is 0 Å². The maximum Gasteiger partial charge on any atom is 0.137 e. The normalized spacial score (nSPS) is 11.5. The van der Waals surface area contributed by atoms with Crippen molar-refractivity contribution in [3.05, 3.63) is 42.4 Å². The first kappa shape index (κ1) is 8.01. The average Bonchev–Trinajstić information content (AvgIpc) is 2.58. The molecule has 66 valence electrons. The Morgan fingerprint density at radius 1 is 1.46 bits per heavy atom. The molecule has 0 saturated heterocycles. The van der Waals surface area contributed by atoms with Gasteiger partial charge in [0.1, 0.15) is 5.65 Å². The summed E-state index contributed by atoms with van der Waals surface area (Å²) >= 11 is 0. The minimum absolute atomic E-state index is 0.0556. The monoisotopic (exact) mass is 174 g/mol. The van der Waals surface area contributed by atoms with Gasteiger partial charge >= 0.3 is 0 Å². The number of aromatic nitrogens is 2. The summed E-state index contributed by atoms with van der Waals surface area (Å²) in [4.78, 5) is 4.20. The van der Waals surface area contributed by atoms with Crippen molar-refractivity contribution in [2.75, 3.05) is 6.61 Å². The van der Waals surface area contributed by atoms with Gasteiger partial charge in [-0.05, 0) is 18.2 Å². The molecule has 13 heavy (non-hydrogen) atoms. The number of fused-ring (bicyclic) bond motifs is 1. The predicted octanol–water partition coefficient (Wildman–Crippen LogP) is 1.34. The number of nitrogens with zero attached hydrogens (tertiary/aromatic N) is 2. The molecule has 0 unspecified atom stereocenters. The Morgan fingerprint density at radius 3 is 3.23 bits per heavy atom. The van der Waals surface area contributed by atoms with Crippen molar-refractivity contribution in [3.63, 3.8) is 0 Å². The molecule has 3 nitrogen and oxygen atoms in total. The molecular formula is C10H10N2O. The maximum atomic E-state index is 8.62. The van der Waals surface area contributed by atoms with Crippen LogP contribution in [0.25, 0.3) is 11.7 Å². The van der Waals surface area contributed by atoms with Crippen LogP contribution >= 0.6 is 0 Å². The summed E-state index contributed by atoms with van der Waals surface area (Å²) in [5, 5.41) is 8.62. The Bertz CT molecular complexity index is 431. The van der Waals surface area contributed by atoms with Gasteiger partial charge in [-0.1, -0.05) is 12.1 Å². The molecule has 0 aliphatic rings. The molecular weight excluding hydrogens is 164 g/mol. The fourth-order valence-corrected chi connectivity index (χ4v) is 1.25. The molecule has 0 spiro atoms. The van der Waals surface area contributed by atoms with E-state index in [4.69, 9.17) is 5.11 Å². The Morgan fingerprint density at radius 2 is 2.38 bits per heavy atom. The number of imidazole rings is 1. The zero-order valence-electron chi connectivity index (χ0n) is 7.09. The molecule has 2 aromatic heterocycles. The highest BCUT2D eigenvalue weighted by molar-refractivity contribution is 5.52. The van der Waals surface area contributed by atoms with Crippen molar-refractivity contribution in [3.8, 4) is 0 Å². The minimum atomic E-state index is 0.0556. The van der Waals surface area contributed by atoms with Crippen LogP contribution < -0.4 is 0 Å². The van der Waals surface area contributed by atoms with Crippen LogP contribution in [-0.4, -0.2) is 21.1 Å². The van der Waals surface area contributed by atoms with Crippen LogP contribution in [0.4, 0.5) is 0 Å². The van der Waals surface area contributed by atoms with E-state index in [1.165, 1.54) is 0 Å². The second-order valence-corrected chi connectivity index (χ2v) is 2.70. The number of rotatable bonds is 2. The van der Waals surface area contributed by atoms with Gasteiger partial charge in [0, 0.05) is 6.20 Å². The van der Waals surface area contributed by atoms with E-state index < -0.39 is 0 Å². The van der Waals surface area contributed by atoms with Crippen LogP contribution in [0.15, 0.2) is 36.7 Å². The summed E-state index contributed by atoms with van der Waals surface area (Å²) in [6.45, 7) is 0.0556. The van der Waals surface area contributed by atoms with E-state index >= 15 is 0 Å². The van der Waals surface area contributed by atoms with E-state index in [1.807, 2.05) is 34.9 Å². The molecule has 0 saturated carbocycles. The first-order chi connectivity index (χ1) is 6.42. The van der Waals surface area contributed by atoms with E-state index in [9.17, 15) is 0 Å². The standard InChI is InChI=1S/C10H10N2O/c13-7-3-4-9-8-11-10-5-1-2-6-12(9)10/h1-6,8,13H,7H2/b4-3+. The number of pyridine rings is 1. The quantitative estimate of drug-likeness (QED) is 0.746. The van der Waals surface area contributed by atoms with Crippen LogP contribution in [0, 0.1) is 0 Å². The summed E-state index contributed by atoms with van der Waals surface area (Å²) in [5.41, 5.74) is 1.89. The molecule has 0 radical (unpaired) electrons. The van der Waals surface area contributed by atoms with Crippen molar-refractivity contribution in [2.24, 2.45) is 0 Å². The Kier molecular flexibility index (Phi) is 2.10. The molecule has 0 atom stereocenters. The molecule has 3 heteroatoms. The Hall–Kier alpha value is -1.61. The van der Waals surface area contributed by atoms with Crippen molar-refractivity contribution < 1.29 is 5.11 Å². The zero-order chi connectivity index (χ0) is 9.10. The molecule has 2 heterocycles. The molecule has 0 fully saturated rings. The van der Waals surface area contributed by atoms with Crippen molar-refractivity contribution in [1.29, 1.82) is 0 Å². The van der Waals surface area contributed by atoms with Gasteiger partial charge in [0.15, 0.2) is 0 Å². The summed E-state index contributed by atoms with van der Waals surface area (Å²) in [6.07, 6.45) is 7.26. The minimum Gasteiger partial charge on any atom is -0.392 e. The molecule has 0 amide bonds. The Balaban J connectivity index is 2.52. The molecule has 0 aliphatic heterocycles. The maximum absolute atomic E-state index is 8.62. The predicted molar refractivity (Wildman–Crippen MR) is 51.3 cm³/mol. The fourth-order valence-electron chi connectivity index (χ4n) is 1.25. The van der Waals surface area contributed by atoms with Crippen LogP contribution in [0.5, 0.6) is 0 Å². The summed E-state index contributed by atoms with van der Waals surface area (Å²) in [5.74, 6) is 0. The van der Waals surface area contributed by atoms with Gasteiger partial charge < -0.3 is 9.51 Å². The summed E-state index contributed by atoms with van der Waals surface area (Å²) in [6, 6.07) is 5.84. The van der Waals surface area contributed by atoms with Gasteiger partial charge in [-0.2, -0.15) is 0 Å². The highest BCUT2D eigenvalue weighted by Crippen LogP contribution is 2.06. The lowest BCUT2D eigenvalue weighted by atomic mass is 10.4. The molecule has 2 rings (SSSR count). The lowest BCUT2D eigenvalue weighted by Crippen LogP contribution is -1.85. The van der Waals surface area contributed by atoms with E-state index in [0.29, 0.717) is 0 Å². The number of hydrogen-bond acceptors (Lipinski definition) is 2. The van der Waals surface area contributed by atoms with Crippen molar-refractivity contribution in [2.45, 2.75) is 0 Å². The molecule has 2 aromatic rings. The van der Waals surface area contributed by atoms with E-state index in [2.05, 4.69) is 4.98 Å².